The first kappa shape index (κ1) is 9.19. The van der Waals surface area contributed by atoms with Gasteiger partial charge in [0, 0.05) is 24.0 Å². The van der Waals surface area contributed by atoms with Crippen LogP contribution in [0.2, 0.25) is 0 Å². The van der Waals surface area contributed by atoms with Crippen molar-refractivity contribution in [3.63, 3.8) is 0 Å². The van der Waals surface area contributed by atoms with Crippen LogP contribution in [0.25, 0.3) is 0 Å². The second kappa shape index (κ2) is 3.78. The van der Waals surface area contributed by atoms with Gasteiger partial charge in [0.15, 0.2) is 0 Å². The van der Waals surface area contributed by atoms with Crippen LogP contribution < -0.4 is 5.32 Å². The van der Waals surface area contributed by atoms with E-state index in [1.165, 1.54) is 4.88 Å². The molecule has 0 aliphatic carbocycles. The van der Waals surface area contributed by atoms with Crippen molar-refractivity contribution in [3.8, 4) is 0 Å². The maximum atomic E-state index is 3.47. The van der Waals surface area contributed by atoms with Gasteiger partial charge in [-0.1, -0.05) is 6.07 Å². The second-order valence-corrected chi connectivity index (χ2v) is 4.68. The molecule has 2 atom stereocenters. The molecular formula is C10H16N2S. The summed E-state index contributed by atoms with van der Waals surface area (Å²) in [6.45, 7) is 4.46. The number of hydrogen-bond acceptors (Lipinski definition) is 3. The van der Waals surface area contributed by atoms with E-state index in [2.05, 4.69) is 41.7 Å². The molecule has 0 spiro atoms. The minimum atomic E-state index is 0.573. The van der Waals surface area contributed by atoms with Crippen LogP contribution in [0.5, 0.6) is 0 Å². The summed E-state index contributed by atoms with van der Waals surface area (Å²) in [6.07, 6.45) is 0. The van der Waals surface area contributed by atoms with Gasteiger partial charge in [0.1, 0.15) is 0 Å². The van der Waals surface area contributed by atoms with Gasteiger partial charge in [0.25, 0.3) is 0 Å². The maximum absolute atomic E-state index is 3.47. The predicted octanol–water partition coefficient (Wildman–Crippen LogP) is 1.71. The topological polar surface area (TPSA) is 15.3 Å². The highest BCUT2D eigenvalue weighted by molar-refractivity contribution is 7.10. The third-order valence-corrected chi connectivity index (χ3v) is 3.81. The van der Waals surface area contributed by atoms with E-state index < -0.39 is 0 Å². The Hall–Kier alpha value is -0.380. The third-order valence-electron chi connectivity index (χ3n) is 2.84. The normalized spacial score (nSPS) is 30.6. The van der Waals surface area contributed by atoms with Crippen molar-refractivity contribution in [1.82, 2.24) is 10.2 Å². The van der Waals surface area contributed by atoms with E-state index in [0.717, 1.165) is 13.1 Å². The Bertz CT molecular complexity index is 258. The Morgan fingerprint density at radius 3 is 3.08 bits per heavy atom. The zero-order valence-corrected chi connectivity index (χ0v) is 8.97. The first-order chi connectivity index (χ1) is 6.29. The summed E-state index contributed by atoms with van der Waals surface area (Å²) in [7, 11) is 2.22. The van der Waals surface area contributed by atoms with Crippen molar-refractivity contribution in [2.24, 2.45) is 0 Å². The van der Waals surface area contributed by atoms with Crippen molar-refractivity contribution in [1.29, 1.82) is 0 Å². The van der Waals surface area contributed by atoms with E-state index in [0.29, 0.717) is 12.1 Å². The molecule has 0 saturated carbocycles. The third kappa shape index (κ3) is 1.77. The van der Waals surface area contributed by atoms with Crippen LogP contribution in [-0.2, 0) is 0 Å². The van der Waals surface area contributed by atoms with Crippen molar-refractivity contribution in [2.75, 3.05) is 20.1 Å². The largest absolute Gasteiger partial charge is 0.313 e. The molecule has 1 aromatic rings. The average Bonchev–Trinajstić information content (AvgIpc) is 2.62. The molecule has 3 heteroatoms. The monoisotopic (exact) mass is 196 g/mol. The molecule has 1 fully saturated rings. The minimum Gasteiger partial charge on any atom is -0.313 e. The van der Waals surface area contributed by atoms with E-state index in [1.54, 1.807) is 0 Å². The predicted molar refractivity (Wildman–Crippen MR) is 57.2 cm³/mol. The molecule has 0 radical (unpaired) electrons. The van der Waals surface area contributed by atoms with Gasteiger partial charge in [-0.15, -0.1) is 11.3 Å². The van der Waals surface area contributed by atoms with Gasteiger partial charge in [-0.2, -0.15) is 0 Å². The molecule has 2 nitrogen and oxygen atoms in total. The second-order valence-electron chi connectivity index (χ2n) is 3.70. The van der Waals surface area contributed by atoms with Gasteiger partial charge < -0.3 is 5.32 Å². The quantitative estimate of drug-likeness (QED) is 0.735. The van der Waals surface area contributed by atoms with Crippen molar-refractivity contribution in [2.45, 2.75) is 19.0 Å². The summed E-state index contributed by atoms with van der Waals surface area (Å²) in [5.74, 6) is 0. The molecule has 0 bridgehead atoms. The van der Waals surface area contributed by atoms with Gasteiger partial charge >= 0.3 is 0 Å². The Kier molecular flexibility index (Phi) is 2.67. The fourth-order valence-corrected chi connectivity index (χ4v) is 2.68. The molecule has 2 rings (SSSR count). The van der Waals surface area contributed by atoms with Crippen molar-refractivity contribution in [3.05, 3.63) is 22.4 Å². The van der Waals surface area contributed by atoms with Crippen LogP contribution in [0.4, 0.5) is 0 Å². The summed E-state index contributed by atoms with van der Waals surface area (Å²) in [5.41, 5.74) is 0. The summed E-state index contributed by atoms with van der Waals surface area (Å²) >= 11 is 1.85. The fourth-order valence-electron chi connectivity index (χ4n) is 1.81. The van der Waals surface area contributed by atoms with E-state index in [9.17, 15) is 0 Å². The van der Waals surface area contributed by atoms with E-state index >= 15 is 0 Å². The van der Waals surface area contributed by atoms with Crippen LogP contribution in [0.15, 0.2) is 17.5 Å². The maximum Gasteiger partial charge on any atom is 0.0566 e. The lowest BCUT2D eigenvalue weighted by molar-refractivity contribution is 0.144. The number of piperazine rings is 1. The van der Waals surface area contributed by atoms with E-state index in [1.807, 2.05) is 11.3 Å². The van der Waals surface area contributed by atoms with Crippen LogP contribution in [-0.4, -0.2) is 31.1 Å². The van der Waals surface area contributed by atoms with Crippen molar-refractivity contribution < 1.29 is 0 Å². The Labute approximate surface area is 83.6 Å². The van der Waals surface area contributed by atoms with Crippen LogP contribution in [0.3, 0.4) is 0 Å². The molecule has 13 heavy (non-hydrogen) atoms. The molecule has 1 N–H and O–H groups in total. The van der Waals surface area contributed by atoms with Gasteiger partial charge in [-0.3, -0.25) is 4.90 Å². The van der Waals surface area contributed by atoms with Crippen molar-refractivity contribution >= 4 is 11.3 Å². The molecule has 1 aromatic heterocycles. The minimum absolute atomic E-state index is 0.573. The summed E-state index contributed by atoms with van der Waals surface area (Å²) in [6, 6.07) is 5.57. The zero-order valence-electron chi connectivity index (χ0n) is 8.16. The standard InChI is InChI=1S/C10H16N2S/c1-8-6-11-7-9(12(8)2)10-4-3-5-13-10/h3-5,8-9,11H,6-7H2,1-2H3. The molecular weight excluding hydrogens is 180 g/mol. The van der Waals surface area contributed by atoms with Crippen LogP contribution >= 0.6 is 11.3 Å². The Balaban J connectivity index is 2.14. The number of rotatable bonds is 1. The molecule has 1 saturated heterocycles. The first-order valence-corrected chi connectivity index (χ1v) is 5.63. The summed E-state index contributed by atoms with van der Waals surface area (Å²) < 4.78 is 0. The Morgan fingerprint density at radius 1 is 1.54 bits per heavy atom. The van der Waals surface area contributed by atoms with E-state index in [4.69, 9.17) is 0 Å². The highest BCUT2D eigenvalue weighted by Gasteiger charge is 2.25. The fraction of sp³-hybridized carbons (Fsp3) is 0.600. The van der Waals surface area contributed by atoms with Crippen LogP contribution in [0, 0.1) is 0 Å². The van der Waals surface area contributed by atoms with Gasteiger partial charge in [-0.25, -0.2) is 0 Å². The lowest BCUT2D eigenvalue weighted by Gasteiger charge is -2.37. The summed E-state index contributed by atoms with van der Waals surface area (Å²) in [5, 5.41) is 5.62. The van der Waals surface area contributed by atoms with E-state index in [-0.39, 0.29) is 0 Å². The first-order valence-electron chi connectivity index (χ1n) is 4.75. The number of nitrogens with zero attached hydrogens (tertiary/aromatic N) is 1. The smallest absolute Gasteiger partial charge is 0.0566 e. The van der Waals surface area contributed by atoms with Gasteiger partial charge in [-0.05, 0) is 25.4 Å². The molecule has 2 unspecified atom stereocenters. The summed E-state index contributed by atoms with van der Waals surface area (Å²) in [4.78, 5) is 3.93. The Morgan fingerprint density at radius 2 is 2.38 bits per heavy atom. The molecule has 72 valence electrons. The zero-order chi connectivity index (χ0) is 9.26. The molecule has 0 aromatic carbocycles. The van der Waals surface area contributed by atoms with Gasteiger partial charge in [0.05, 0.1) is 6.04 Å². The molecule has 2 heterocycles. The van der Waals surface area contributed by atoms with Crippen LogP contribution in [0.1, 0.15) is 17.8 Å². The van der Waals surface area contributed by atoms with Gasteiger partial charge in [0.2, 0.25) is 0 Å². The lowest BCUT2D eigenvalue weighted by atomic mass is 10.1. The molecule has 1 aliphatic rings. The number of nitrogens with one attached hydrogen (secondary N) is 1. The number of hydrogen-bond donors (Lipinski definition) is 1. The molecule has 0 amide bonds. The number of likely N-dealkylation sites (N-methyl/N-ethyl adjacent to an activating group) is 1. The lowest BCUT2D eigenvalue weighted by Crippen LogP contribution is -2.49. The SMILES string of the molecule is CC1CNCC(c2cccs2)N1C. The average molecular weight is 196 g/mol. The molecule has 1 aliphatic heterocycles. The highest BCUT2D eigenvalue weighted by Crippen LogP contribution is 2.26. The number of thiophene rings is 1. The highest BCUT2D eigenvalue weighted by atomic mass is 32.1.